The maximum absolute atomic E-state index is 12.9. The number of allylic oxidation sites excluding steroid dienone is 10. The lowest BCUT2D eigenvalue weighted by atomic mass is 10.0. The van der Waals surface area contributed by atoms with Crippen LogP contribution in [0.3, 0.4) is 0 Å². The molecular weight excluding hydrogens is 997 g/mol. The van der Waals surface area contributed by atoms with E-state index in [1.165, 1.54) is 244 Å². The van der Waals surface area contributed by atoms with Crippen molar-refractivity contribution in [1.82, 2.24) is 0 Å². The van der Waals surface area contributed by atoms with Gasteiger partial charge < -0.3 is 14.2 Å². The van der Waals surface area contributed by atoms with Crippen LogP contribution in [0, 0.1) is 0 Å². The first-order valence-corrected chi connectivity index (χ1v) is 35.8. The van der Waals surface area contributed by atoms with Crippen molar-refractivity contribution in [3.05, 3.63) is 60.8 Å². The van der Waals surface area contributed by atoms with Crippen LogP contribution in [0.2, 0.25) is 0 Å². The third-order valence-electron chi connectivity index (χ3n) is 16.0. The van der Waals surface area contributed by atoms with E-state index >= 15 is 0 Å². The fourth-order valence-electron chi connectivity index (χ4n) is 10.7. The second-order valence-electron chi connectivity index (χ2n) is 24.1. The number of hydrogen-bond acceptors (Lipinski definition) is 6. The van der Waals surface area contributed by atoms with Gasteiger partial charge in [-0.05, 0) is 77.0 Å². The van der Waals surface area contributed by atoms with Gasteiger partial charge in [-0.25, -0.2) is 0 Å². The molecule has 0 aromatic rings. The smallest absolute Gasteiger partial charge is 0.306 e. The van der Waals surface area contributed by atoms with E-state index in [2.05, 4.69) is 81.5 Å². The first-order chi connectivity index (χ1) is 40.0. The highest BCUT2D eigenvalue weighted by molar-refractivity contribution is 5.71. The van der Waals surface area contributed by atoms with Gasteiger partial charge in [-0.2, -0.15) is 0 Å². The number of carbonyl (C=O) groups excluding carboxylic acids is 3. The van der Waals surface area contributed by atoms with Crippen LogP contribution in [0.5, 0.6) is 0 Å². The fraction of sp³-hybridized carbons (Fsp3) is 0.827. The van der Waals surface area contributed by atoms with Gasteiger partial charge in [-0.15, -0.1) is 0 Å². The molecule has 1 unspecified atom stereocenters. The van der Waals surface area contributed by atoms with Crippen LogP contribution in [-0.2, 0) is 28.6 Å². The van der Waals surface area contributed by atoms with Crippen molar-refractivity contribution in [2.75, 3.05) is 13.2 Å². The van der Waals surface area contributed by atoms with E-state index < -0.39 is 6.10 Å². The maximum Gasteiger partial charge on any atom is 0.306 e. The lowest BCUT2D eigenvalue weighted by Gasteiger charge is -2.18. The van der Waals surface area contributed by atoms with Gasteiger partial charge in [0.05, 0.1) is 0 Å². The van der Waals surface area contributed by atoms with E-state index in [0.717, 1.165) is 96.3 Å². The molecular formula is C75H136O6. The van der Waals surface area contributed by atoms with Gasteiger partial charge in [0.1, 0.15) is 13.2 Å². The van der Waals surface area contributed by atoms with E-state index in [4.69, 9.17) is 14.2 Å². The summed E-state index contributed by atoms with van der Waals surface area (Å²) in [4.78, 5) is 38.3. The lowest BCUT2D eigenvalue weighted by Crippen LogP contribution is -2.30. The molecule has 0 heterocycles. The number of hydrogen-bond donors (Lipinski definition) is 0. The molecule has 0 saturated heterocycles. The zero-order valence-corrected chi connectivity index (χ0v) is 54.3. The molecule has 1 atom stereocenters. The van der Waals surface area contributed by atoms with Gasteiger partial charge in [-0.1, -0.05) is 345 Å². The largest absolute Gasteiger partial charge is 0.462 e. The quantitative estimate of drug-likeness (QED) is 0.0261. The molecule has 0 spiro atoms. The van der Waals surface area contributed by atoms with E-state index in [-0.39, 0.29) is 31.1 Å². The van der Waals surface area contributed by atoms with Gasteiger partial charge in [-0.3, -0.25) is 14.4 Å². The Morgan fingerprint density at radius 2 is 0.506 bits per heavy atom. The van der Waals surface area contributed by atoms with E-state index in [1.54, 1.807) is 0 Å². The summed E-state index contributed by atoms with van der Waals surface area (Å²) in [5.74, 6) is -0.855. The summed E-state index contributed by atoms with van der Waals surface area (Å²) >= 11 is 0. The molecule has 0 amide bonds. The molecule has 0 aromatic heterocycles. The Bertz CT molecular complexity index is 1440. The Balaban J connectivity index is 4.03. The predicted molar refractivity (Wildman–Crippen MR) is 353 cm³/mol. The first kappa shape index (κ1) is 78.1. The zero-order chi connectivity index (χ0) is 58.5. The Kier molecular flexibility index (Phi) is 67.1. The molecule has 0 fully saturated rings. The molecule has 0 N–H and O–H groups in total. The molecule has 6 heteroatoms. The van der Waals surface area contributed by atoms with Crippen LogP contribution in [0.1, 0.15) is 380 Å². The third kappa shape index (κ3) is 67.8. The number of esters is 3. The Labute approximate surface area is 504 Å². The average Bonchev–Trinajstić information content (AvgIpc) is 3.47. The minimum absolute atomic E-state index is 0.0699. The van der Waals surface area contributed by atoms with E-state index in [0.29, 0.717) is 19.3 Å². The molecule has 81 heavy (non-hydrogen) atoms. The summed E-state index contributed by atoms with van der Waals surface area (Å²) in [5, 5.41) is 0. The van der Waals surface area contributed by atoms with Gasteiger partial charge >= 0.3 is 17.9 Å². The van der Waals surface area contributed by atoms with Crippen molar-refractivity contribution >= 4 is 17.9 Å². The zero-order valence-electron chi connectivity index (χ0n) is 54.3. The van der Waals surface area contributed by atoms with Crippen LogP contribution < -0.4 is 0 Å². The van der Waals surface area contributed by atoms with Crippen LogP contribution in [-0.4, -0.2) is 37.2 Å². The molecule has 6 nitrogen and oxygen atoms in total. The number of ether oxygens (including phenoxy) is 3. The van der Waals surface area contributed by atoms with Gasteiger partial charge in [0.2, 0.25) is 0 Å². The average molecular weight is 1130 g/mol. The second kappa shape index (κ2) is 69.6. The van der Waals surface area contributed by atoms with Crippen molar-refractivity contribution in [2.45, 2.75) is 386 Å². The van der Waals surface area contributed by atoms with Crippen molar-refractivity contribution in [2.24, 2.45) is 0 Å². The Morgan fingerprint density at radius 3 is 0.815 bits per heavy atom. The molecule has 0 aliphatic rings. The van der Waals surface area contributed by atoms with Crippen LogP contribution in [0.25, 0.3) is 0 Å². The van der Waals surface area contributed by atoms with E-state index in [9.17, 15) is 14.4 Å². The van der Waals surface area contributed by atoms with Crippen molar-refractivity contribution < 1.29 is 28.6 Å². The minimum Gasteiger partial charge on any atom is -0.462 e. The van der Waals surface area contributed by atoms with Crippen molar-refractivity contribution in [3.8, 4) is 0 Å². The number of rotatable bonds is 66. The van der Waals surface area contributed by atoms with Gasteiger partial charge in [0.15, 0.2) is 6.10 Å². The van der Waals surface area contributed by atoms with E-state index in [1.807, 2.05) is 0 Å². The maximum atomic E-state index is 12.9. The summed E-state index contributed by atoms with van der Waals surface area (Å²) in [5.41, 5.74) is 0. The number of carbonyl (C=O) groups is 3. The molecule has 0 aliphatic heterocycles. The highest BCUT2D eigenvalue weighted by Crippen LogP contribution is 2.19. The SMILES string of the molecule is CC/C=C\C/C=C\C/C=C\C/C=C\CCCCCCCCCCCCCCCCCCCCCCCCC(=O)OCC(COC(=O)CCCCCCC/C=C\CCC)OC(=O)CCCCCCCCCCCCCCCCCCCC. The second-order valence-corrected chi connectivity index (χ2v) is 24.1. The number of unbranched alkanes of at least 4 members (excludes halogenated alkanes) is 45. The van der Waals surface area contributed by atoms with Crippen LogP contribution >= 0.6 is 0 Å². The third-order valence-corrected chi connectivity index (χ3v) is 16.0. The summed E-state index contributed by atoms with van der Waals surface area (Å²) in [6.45, 7) is 6.52. The lowest BCUT2D eigenvalue weighted by molar-refractivity contribution is -0.167. The predicted octanol–water partition coefficient (Wildman–Crippen LogP) is 24.7. The first-order valence-electron chi connectivity index (χ1n) is 35.8. The van der Waals surface area contributed by atoms with Crippen molar-refractivity contribution in [3.63, 3.8) is 0 Å². The molecule has 0 aromatic carbocycles. The molecule has 0 saturated carbocycles. The summed E-state index contributed by atoms with van der Waals surface area (Å²) in [6, 6.07) is 0. The van der Waals surface area contributed by atoms with Crippen LogP contribution in [0.15, 0.2) is 60.8 Å². The molecule has 0 radical (unpaired) electrons. The molecule has 472 valence electrons. The van der Waals surface area contributed by atoms with Crippen LogP contribution in [0.4, 0.5) is 0 Å². The minimum atomic E-state index is -0.772. The van der Waals surface area contributed by atoms with Gasteiger partial charge in [0, 0.05) is 19.3 Å². The van der Waals surface area contributed by atoms with Gasteiger partial charge in [0.25, 0.3) is 0 Å². The van der Waals surface area contributed by atoms with Crippen molar-refractivity contribution in [1.29, 1.82) is 0 Å². The monoisotopic (exact) mass is 1130 g/mol. The highest BCUT2D eigenvalue weighted by Gasteiger charge is 2.19. The summed E-state index contributed by atoms with van der Waals surface area (Å²) in [6.07, 6.45) is 89.9. The standard InChI is InChI=1S/C75H136O6/c1-4-7-10-13-16-19-22-24-26-28-30-31-32-33-34-35-36-37-38-39-40-41-42-43-44-45-46-48-49-51-53-56-59-62-65-68-74(77)80-71-72(70-79-73(76)67-64-61-58-55-21-18-15-12-9-6-3)81-75(78)69-66-63-60-57-54-52-50-47-29-27-25-23-20-17-14-11-8-5-2/h7,10,12,15-16,19,24,26,30-31,72H,4-6,8-9,11,13-14,17-18,20-23,25,27-29,32-71H2,1-3H3/b10-7-,15-12-,19-16-,26-24-,31-30-. The Morgan fingerprint density at radius 1 is 0.259 bits per heavy atom. The summed E-state index contributed by atoms with van der Waals surface area (Å²) < 4.78 is 16.9. The fourth-order valence-corrected chi connectivity index (χ4v) is 10.7. The topological polar surface area (TPSA) is 78.9 Å². The summed E-state index contributed by atoms with van der Waals surface area (Å²) in [7, 11) is 0. The Hall–Kier alpha value is -2.89. The molecule has 0 rings (SSSR count). The highest BCUT2D eigenvalue weighted by atomic mass is 16.6. The normalized spacial score (nSPS) is 12.4. The molecule has 0 bridgehead atoms. The molecule has 0 aliphatic carbocycles.